The van der Waals surface area contributed by atoms with Gasteiger partial charge in [0, 0.05) is 13.2 Å². The van der Waals surface area contributed by atoms with Gasteiger partial charge in [0.25, 0.3) is 0 Å². The molecular formula is C10H13N3O4. The Balaban J connectivity index is 1.96. The van der Waals surface area contributed by atoms with E-state index in [2.05, 4.69) is 10.4 Å². The van der Waals surface area contributed by atoms with Crippen LogP contribution in [0.15, 0.2) is 6.20 Å². The van der Waals surface area contributed by atoms with E-state index in [0.29, 0.717) is 12.5 Å². The molecule has 0 saturated heterocycles. The lowest BCUT2D eigenvalue weighted by Gasteiger charge is -2.04. The number of carbonyl (C=O) groups is 2. The summed E-state index contributed by atoms with van der Waals surface area (Å²) < 4.78 is 6.25. The van der Waals surface area contributed by atoms with Crippen LogP contribution < -0.4 is 5.32 Å². The number of rotatable bonds is 4. The standard InChI is InChI=1S/C10H13N3O4/c1-13-4-7(8(12-13)9(14)15)11-10(16)17-5-6-2-3-6/h4,6H,2-3,5H2,1H3,(H,11,16)(H,14,15). The highest BCUT2D eigenvalue weighted by Crippen LogP contribution is 2.28. The summed E-state index contributed by atoms with van der Waals surface area (Å²) in [5.41, 5.74) is -0.0586. The highest BCUT2D eigenvalue weighted by molar-refractivity contribution is 5.96. The smallest absolute Gasteiger partial charge is 0.411 e. The summed E-state index contributed by atoms with van der Waals surface area (Å²) in [5, 5.41) is 14.9. The maximum atomic E-state index is 11.4. The van der Waals surface area contributed by atoms with Gasteiger partial charge in [-0.05, 0) is 18.8 Å². The molecule has 0 atom stereocenters. The number of amides is 1. The van der Waals surface area contributed by atoms with Gasteiger partial charge < -0.3 is 9.84 Å². The molecule has 2 rings (SSSR count). The molecule has 7 nitrogen and oxygen atoms in total. The van der Waals surface area contributed by atoms with Crippen molar-refractivity contribution < 1.29 is 19.4 Å². The minimum absolute atomic E-state index is 0.140. The second-order valence-electron chi connectivity index (χ2n) is 4.04. The van der Waals surface area contributed by atoms with E-state index in [1.807, 2.05) is 0 Å². The zero-order valence-corrected chi connectivity index (χ0v) is 9.34. The second kappa shape index (κ2) is 4.44. The Morgan fingerprint density at radius 2 is 2.35 bits per heavy atom. The van der Waals surface area contributed by atoms with Gasteiger partial charge in [0.1, 0.15) is 0 Å². The minimum atomic E-state index is -1.19. The quantitative estimate of drug-likeness (QED) is 0.819. The van der Waals surface area contributed by atoms with Gasteiger partial charge in [-0.15, -0.1) is 0 Å². The third-order valence-corrected chi connectivity index (χ3v) is 2.42. The zero-order chi connectivity index (χ0) is 12.4. The molecule has 1 aliphatic rings. The number of ether oxygens (including phenoxy) is 1. The normalized spacial score (nSPS) is 14.4. The molecule has 17 heavy (non-hydrogen) atoms. The fourth-order valence-electron chi connectivity index (χ4n) is 1.36. The number of carboxylic acid groups (broad SMARTS) is 1. The topological polar surface area (TPSA) is 93.5 Å². The maximum absolute atomic E-state index is 11.4. The number of hydrogen-bond acceptors (Lipinski definition) is 4. The lowest BCUT2D eigenvalue weighted by molar-refractivity contribution is 0.0690. The van der Waals surface area contributed by atoms with Crippen molar-refractivity contribution in [3.05, 3.63) is 11.9 Å². The molecule has 1 fully saturated rings. The second-order valence-corrected chi connectivity index (χ2v) is 4.04. The Kier molecular flexibility index (Phi) is 2.99. The molecule has 0 spiro atoms. The largest absolute Gasteiger partial charge is 0.476 e. The van der Waals surface area contributed by atoms with E-state index in [9.17, 15) is 9.59 Å². The van der Waals surface area contributed by atoms with Crippen molar-refractivity contribution in [1.82, 2.24) is 9.78 Å². The molecule has 7 heteroatoms. The number of aryl methyl sites for hydroxylation is 1. The molecule has 1 aliphatic carbocycles. The predicted octanol–water partition coefficient (Wildman–Crippen LogP) is 1.08. The van der Waals surface area contributed by atoms with Crippen molar-refractivity contribution >= 4 is 17.7 Å². The minimum Gasteiger partial charge on any atom is -0.476 e. The van der Waals surface area contributed by atoms with Crippen LogP contribution in [0.4, 0.5) is 10.5 Å². The molecule has 0 unspecified atom stereocenters. The first-order chi connectivity index (χ1) is 8.06. The van der Waals surface area contributed by atoms with Crippen LogP contribution in [0.25, 0.3) is 0 Å². The number of carbonyl (C=O) groups excluding carboxylic acids is 1. The van der Waals surface area contributed by atoms with Crippen molar-refractivity contribution in [2.45, 2.75) is 12.8 Å². The van der Waals surface area contributed by atoms with E-state index in [0.717, 1.165) is 12.8 Å². The first-order valence-electron chi connectivity index (χ1n) is 5.27. The fraction of sp³-hybridized carbons (Fsp3) is 0.500. The first kappa shape index (κ1) is 11.4. The Hall–Kier alpha value is -2.05. The van der Waals surface area contributed by atoms with Gasteiger partial charge in [-0.2, -0.15) is 5.10 Å². The molecule has 0 aromatic carbocycles. The zero-order valence-electron chi connectivity index (χ0n) is 9.34. The molecular weight excluding hydrogens is 226 g/mol. The predicted molar refractivity (Wildman–Crippen MR) is 57.9 cm³/mol. The summed E-state index contributed by atoms with van der Waals surface area (Å²) in [4.78, 5) is 22.2. The molecule has 1 aromatic heterocycles. The number of carboxylic acids is 1. The van der Waals surface area contributed by atoms with Crippen LogP contribution >= 0.6 is 0 Å². The highest BCUT2D eigenvalue weighted by Gasteiger charge is 2.24. The van der Waals surface area contributed by atoms with E-state index in [1.54, 1.807) is 7.05 Å². The first-order valence-corrected chi connectivity index (χ1v) is 5.27. The molecule has 0 bridgehead atoms. The van der Waals surface area contributed by atoms with Crippen molar-refractivity contribution in [3.63, 3.8) is 0 Å². The van der Waals surface area contributed by atoms with E-state index in [-0.39, 0.29) is 11.4 Å². The number of aromatic carboxylic acids is 1. The molecule has 92 valence electrons. The number of aromatic nitrogens is 2. The molecule has 0 radical (unpaired) electrons. The van der Waals surface area contributed by atoms with Crippen molar-refractivity contribution in [1.29, 1.82) is 0 Å². The summed E-state index contributed by atoms with van der Waals surface area (Å²) in [6, 6.07) is 0. The Morgan fingerprint density at radius 3 is 2.94 bits per heavy atom. The summed E-state index contributed by atoms with van der Waals surface area (Å²) in [6.07, 6.45) is 2.94. The maximum Gasteiger partial charge on any atom is 0.411 e. The fourth-order valence-corrected chi connectivity index (χ4v) is 1.36. The van der Waals surface area contributed by atoms with Gasteiger partial charge in [0.2, 0.25) is 0 Å². The van der Waals surface area contributed by atoms with E-state index < -0.39 is 12.1 Å². The van der Waals surface area contributed by atoms with Crippen LogP contribution in [-0.4, -0.2) is 33.6 Å². The SMILES string of the molecule is Cn1cc(NC(=O)OCC2CC2)c(C(=O)O)n1. The van der Waals surface area contributed by atoms with Gasteiger partial charge in [-0.1, -0.05) is 0 Å². The summed E-state index contributed by atoms with van der Waals surface area (Å²) in [5.74, 6) is -0.725. The Morgan fingerprint density at radius 1 is 1.65 bits per heavy atom. The number of nitrogens with one attached hydrogen (secondary N) is 1. The third kappa shape index (κ3) is 2.96. The van der Waals surface area contributed by atoms with Gasteiger partial charge in [0.05, 0.1) is 12.3 Å². The Bertz CT molecular complexity index is 450. The van der Waals surface area contributed by atoms with Gasteiger partial charge in [-0.3, -0.25) is 10.00 Å². The van der Waals surface area contributed by atoms with Crippen LogP contribution in [0.5, 0.6) is 0 Å². The third-order valence-electron chi connectivity index (χ3n) is 2.42. The Labute approximate surface area is 97.4 Å². The molecule has 1 aromatic rings. The average molecular weight is 239 g/mol. The highest BCUT2D eigenvalue weighted by atomic mass is 16.5. The lowest BCUT2D eigenvalue weighted by atomic mass is 10.4. The van der Waals surface area contributed by atoms with Gasteiger partial charge in [-0.25, -0.2) is 9.59 Å². The summed E-state index contributed by atoms with van der Waals surface area (Å²) in [7, 11) is 1.58. The molecule has 1 amide bonds. The molecule has 2 N–H and O–H groups in total. The molecule has 1 heterocycles. The van der Waals surface area contributed by atoms with Crippen molar-refractivity contribution in [2.75, 3.05) is 11.9 Å². The summed E-state index contributed by atoms with van der Waals surface area (Å²) >= 11 is 0. The van der Waals surface area contributed by atoms with Gasteiger partial charge in [0.15, 0.2) is 5.69 Å². The van der Waals surface area contributed by atoms with E-state index >= 15 is 0 Å². The lowest BCUT2D eigenvalue weighted by Crippen LogP contribution is -2.16. The van der Waals surface area contributed by atoms with Crippen molar-refractivity contribution in [3.8, 4) is 0 Å². The van der Waals surface area contributed by atoms with Crippen LogP contribution in [0.2, 0.25) is 0 Å². The van der Waals surface area contributed by atoms with Crippen LogP contribution in [0, 0.1) is 5.92 Å². The number of nitrogens with zero attached hydrogens (tertiary/aromatic N) is 2. The number of anilines is 1. The van der Waals surface area contributed by atoms with E-state index in [1.165, 1.54) is 10.9 Å². The van der Waals surface area contributed by atoms with Crippen LogP contribution in [-0.2, 0) is 11.8 Å². The monoisotopic (exact) mass is 239 g/mol. The number of hydrogen-bond donors (Lipinski definition) is 2. The average Bonchev–Trinajstić information content (AvgIpc) is 3.00. The van der Waals surface area contributed by atoms with Crippen molar-refractivity contribution in [2.24, 2.45) is 13.0 Å². The van der Waals surface area contributed by atoms with Crippen LogP contribution in [0.1, 0.15) is 23.3 Å². The molecule has 0 aliphatic heterocycles. The molecule has 1 saturated carbocycles. The van der Waals surface area contributed by atoms with E-state index in [4.69, 9.17) is 9.84 Å². The summed E-state index contributed by atoms with van der Waals surface area (Å²) in [6.45, 7) is 0.383. The van der Waals surface area contributed by atoms with Crippen LogP contribution in [0.3, 0.4) is 0 Å². The van der Waals surface area contributed by atoms with Gasteiger partial charge >= 0.3 is 12.1 Å².